The first-order valence-electron chi connectivity index (χ1n) is 13.3. The van der Waals surface area contributed by atoms with Crippen LogP contribution in [0.25, 0.3) is 0 Å². The maximum Gasteiger partial charge on any atom is 0.0594 e. The third-order valence-electron chi connectivity index (χ3n) is 12.5. The Morgan fingerprint density at radius 2 is 1.52 bits per heavy atom. The van der Waals surface area contributed by atoms with E-state index in [4.69, 9.17) is 0 Å². The third kappa shape index (κ3) is 2.82. The maximum absolute atomic E-state index is 11.4. The zero-order valence-electron chi connectivity index (χ0n) is 21.3. The molecule has 0 spiro atoms. The minimum Gasteiger partial charge on any atom is -0.393 e. The first-order valence-corrected chi connectivity index (χ1v) is 13.3. The van der Waals surface area contributed by atoms with Gasteiger partial charge in [0, 0.05) is 0 Å². The Bertz CT molecular complexity index is 780. The summed E-state index contributed by atoms with van der Waals surface area (Å²) < 4.78 is 0. The highest BCUT2D eigenvalue weighted by Gasteiger charge is 2.67. The Labute approximate surface area is 191 Å². The van der Waals surface area contributed by atoms with Gasteiger partial charge in [-0.2, -0.15) is 0 Å². The smallest absolute Gasteiger partial charge is 0.0594 e. The van der Waals surface area contributed by atoms with Crippen molar-refractivity contribution in [3.63, 3.8) is 0 Å². The highest BCUT2D eigenvalue weighted by atomic mass is 16.3. The second-order valence-corrected chi connectivity index (χ2v) is 14.6. The van der Waals surface area contributed by atoms with E-state index in [0.29, 0.717) is 29.1 Å². The van der Waals surface area contributed by atoms with Gasteiger partial charge in [-0.3, -0.25) is 0 Å². The van der Waals surface area contributed by atoms with E-state index in [9.17, 15) is 10.2 Å². The van der Waals surface area contributed by atoms with Gasteiger partial charge in [0.05, 0.1) is 12.2 Å². The summed E-state index contributed by atoms with van der Waals surface area (Å²) in [5.41, 5.74) is 2.77. The van der Waals surface area contributed by atoms with Crippen LogP contribution in [0.2, 0.25) is 0 Å². The Hall–Kier alpha value is -0.340. The molecule has 4 saturated carbocycles. The molecule has 0 aromatic carbocycles. The summed E-state index contributed by atoms with van der Waals surface area (Å²) in [4.78, 5) is 0. The van der Waals surface area contributed by atoms with Gasteiger partial charge in [-0.1, -0.05) is 60.1 Å². The van der Waals surface area contributed by atoms with Crippen LogP contribution in [0.3, 0.4) is 0 Å². The number of aliphatic hydroxyl groups excluding tert-OH is 2. The zero-order valence-corrected chi connectivity index (χ0v) is 21.3. The zero-order chi connectivity index (χ0) is 22.6. The van der Waals surface area contributed by atoms with Crippen molar-refractivity contribution >= 4 is 0 Å². The number of hydrogen-bond acceptors (Lipinski definition) is 2. The van der Waals surface area contributed by atoms with E-state index in [1.165, 1.54) is 38.5 Å². The van der Waals surface area contributed by atoms with Gasteiger partial charge >= 0.3 is 0 Å². The molecule has 176 valence electrons. The number of hydrogen-bond donors (Lipinski definition) is 2. The van der Waals surface area contributed by atoms with E-state index in [1.807, 2.05) is 0 Å². The van der Waals surface area contributed by atoms with Crippen molar-refractivity contribution in [1.29, 1.82) is 0 Å². The van der Waals surface area contributed by atoms with Crippen molar-refractivity contribution in [2.45, 2.75) is 118 Å². The molecule has 9 atom stereocenters. The molecule has 31 heavy (non-hydrogen) atoms. The van der Waals surface area contributed by atoms with Crippen molar-refractivity contribution in [3.8, 4) is 0 Å². The van der Waals surface area contributed by atoms with Crippen LogP contribution in [-0.2, 0) is 0 Å². The number of fused-ring (bicyclic) bond motifs is 7. The lowest BCUT2D eigenvalue weighted by molar-refractivity contribution is -0.206. The van der Waals surface area contributed by atoms with Crippen LogP contribution >= 0.6 is 0 Å². The van der Waals surface area contributed by atoms with Gasteiger partial charge in [-0.05, 0) is 109 Å². The van der Waals surface area contributed by atoms with Gasteiger partial charge in [0.1, 0.15) is 0 Å². The summed E-state index contributed by atoms with van der Waals surface area (Å²) >= 11 is 0. The van der Waals surface area contributed by atoms with Gasteiger partial charge in [0.15, 0.2) is 0 Å². The number of allylic oxidation sites excluding steroid dienone is 2. The molecule has 2 nitrogen and oxygen atoms in total. The van der Waals surface area contributed by atoms with Crippen LogP contribution in [0, 0.1) is 50.7 Å². The highest BCUT2D eigenvalue weighted by molar-refractivity contribution is 5.33. The topological polar surface area (TPSA) is 40.5 Å². The van der Waals surface area contributed by atoms with Gasteiger partial charge in [-0.25, -0.2) is 0 Å². The van der Waals surface area contributed by atoms with Gasteiger partial charge < -0.3 is 10.2 Å². The first kappa shape index (κ1) is 22.5. The summed E-state index contributed by atoms with van der Waals surface area (Å²) in [5.74, 6) is 2.29. The van der Waals surface area contributed by atoms with E-state index < -0.39 is 0 Å². The Morgan fingerprint density at radius 3 is 2.23 bits per heavy atom. The molecule has 0 bridgehead atoms. The standard InChI is InChI=1S/C29H48O2/c1-25(2)13-10-18-19(16-25)20-8-9-23-27(5)14-12-24(31)26(3,4)22(27)11-15-28(23,6)29(20,7)17-21(18)30/h8,18-19,21-24,30-31H,9-17H2,1-7H3. The second-order valence-electron chi connectivity index (χ2n) is 14.6. The molecule has 0 saturated heterocycles. The Balaban J connectivity index is 1.58. The van der Waals surface area contributed by atoms with E-state index in [1.54, 1.807) is 5.57 Å². The minimum absolute atomic E-state index is 0.00376. The summed E-state index contributed by atoms with van der Waals surface area (Å²) in [6.45, 7) is 17.2. The molecule has 0 aliphatic heterocycles. The maximum atomic E-state index is 11.4. The summed E-state index contributed by atoms with van der Waals surface area (Å²) in [7, 11) is 0. The fourth-order valence-corrected chi connectivity index (χ4v) is 10.4. The molecule has 0 aromatic rings. The molecule has 4 fully saturated rings. The Morgan fingerprint density at radius 1 is 0.806 bits per heavy atom. The molecule has 5 aliphatic carbocycles. The van der Waals surface area contributed by atoms with Crippen molar-refractivity contribution in [2.24, 2.45) is 50.7 Å². The van der Waals surface area contributed by atoms with Crippen molar-refractivity contribution < 1.29 is 10.2 Å². The fraction of sp³-hybridized carbons (Fsp3) is 0.931. The van der Waals surface area contributed by atoms with E-state index in [-0.39, 0.29) is 33.9 Å². The number of rotatable bonds is 0. The lowest BCUT2D eigenvalue weighted by atomic mass is 9.34. The molecular formula is C29H48O2. The average molecular weight is 429 g/mol. The van der Waals surface area contributed by atoms with Crippen LogP contribution in [0.5, 0.6) is 0 Å². The summed E-state index contributed by atoms with van der Waals surface area (Å²) in [6, 6.07) is 0. The molecule has 5 aliphatic rings. The predicted octanol–water partition coefficient (Wildman–Crippen LogP) is 6.75. The van der Waals surface area contributed by atoms with Crippen LogP contribution < -0.4 is 0 Å². The normalized spacial score (nSPS) is 55.2. The van der Waals surface area contributed by atoms with Gasteiger partial charge in [0.25, 0.3) is 0 Å². The van der Waals surface area contributed by atoms with E-state index in [2.05, 4.69) is 54.5 Å². The van der Waals surface area contributed by atoms with E-state index in [0.717, 1.165) is 19.3 Å². The monoisotopic (exact) mass is 428 g/mol. The summed E-state index contributed by atoms with van der Waals surface area (Å²) in [6.07, 6.45) is 12.8. The molecule has 0 amide bonds. The SMILES string of the molecule is CC1(C)CCC2C(O)CC3(C)C(=CCC4C5(C)CCC(O)C(C)(C)C5CCC43C)C2C1. The van der Waals surface area contributed by atoms with Gasteiger partial charge in [-0.15, -0.1) is 0 Å². The minimum atomic E-state index is -0.165. The Kier molecular flexibility index (Phi) is 4.80. The molecule has 5 rings (SSSR count). The second kappa shape index (κ2) is 6.62. The molecule has 2 N–H and O–H groups in total. The third-order valence-corrected chi connectivity index (χ3v) is 12.5. The van der Waals surface area contributed by atoms with Crippen LogP contribution in [0.4, 0.5) is 0 Å². The molecular weight excluding hydrogens is 380 g/mol. The average Bonchev–Trinajstić information content (AvgIpc) is 2.65. The molecule has 2 heteroatoms. The van der Waals surface area contributed by atoms with Gasteiger partial charge in [0.2, 0.25) is 0 Å². The molecule has 0 heterocycles. The van der Waals surface area contributed by atoms with Crippen molar-refractivity contribution in [1.82, 2.24) is 0 Å². The van der Waals surface area contributed by atoms with E-state index >= 15 is 0 Å². The lowest BCUT2D eigenvalue weighted by Gasteiger charge is -2.70. The molecule has 0 radical (unpaired) electrons. The van der Waals surface area contributed by atoms with Crippen LogP contribution in [-0.4, -0.2) is 22.4 Å². The predicted molar refractivity (Wildman–Crippen MR) is 127 cm³/mol. The van der Waals surface area contributed by atoms with Crippen molar-refractivity contribution in [3.05, 3.63) is 11.6 Å². The highest BCUT2D eigenvalue weighted by Crippen LogP contribution is 2.74. The quantitative estimate of drug-likeness (QED) is 0.419. The molecule has 0 aromatic heterocycles. The first-order chi connectivity index (χ1) is 14.3. The van der Waals surface area contributed by atoms with Crippen LogP contribution in [0.1, 0.15) is 106 Å². The van der Waals surface area contributed by atoms with Crippen molar-refractivity contribution in [2.75, 3.05) is 0 Å². The fourth-order valence-electron chi connectivity index (χ4n) is 10.4. The van der Waals surface area contributed by atoms with Crippen LogP contribution in [0.15, 0.2) is 11.6 Å². The lowest BCUT2D eigenvalue weighted by Crippen LogP contribution is -2.65. The largest absolute Gasteiger partial charge is 0.393 e. The summed E-state index contributed by atoms with van der Waals surface area (Å²) in [5, 5.41) is 22.3. The molecule has 9 unspecified atom stereocenters. The number of aliphatic hydroxyl groups is 2.